The van der Waals surface area contributed by atoms with Crippen LogP contribution < -0.4 is 10.2 Å². The summed E-state index contributed by atoms with van der Waals surface area (Å²) in [4.78, 5) is 2.06. The summed E-state index contributed by atoms with van der Waals surface area (Å²) in [5.41, 5.74) is 2.26. The van der Waals surface area contributed by atoms with Gasteiger partial charge in [-0.25, -0.2) is 0 Å². The molecule has 0 saturated heterocycles. The van der Waals surface area contributed by atoms with Crippen LogP contribution in [0.1, 0.15) is 0 Å². The number of hydrogen-bond donors (Lipinski definition) is 2. The number of rotatable bonds is 7. The van der Waals surface area contributed by atoms with Crippen LogP contribution in [0.15, 0.2) is 24.3 Å². The molecule has 0 atom stereocenters. The highest BCUT2D eigenvalue weighted by Crippen LogP contribution is 2.15. The van der Waals surface area contributed by atoms with Crippen molar-refractivity contribution in [2.45, 2.75) is 0 Å². The maximum absolute atomic E-state index is 8.52. The van der Waals surface area contributed by atoms with Gasteiger partial charge < -0.3 is 20.1 Å². The molecule has 0 radical (unpaired) electrons. The van der Waals surface area contributed by atoms with Crippen molar-refractivity contribution in [3.63, 3.8) is 0 Å². The topological polar surface area (TPSA) is 44.7 Å². The first kappa shape index (κ1) is 12.8. The second-order valence-electron chi connectivity index (χ2n) is 3.70. The largest absolute Gasteiger partial charge is 0.394 e. The lowest BCUT2D eigenvalue weighted by Gasteiger charge is -2.13. The predicted molar refractivity (Wildman–Crippen MR) is 67.2 cm³/mol. The monoisotopic (exact) mass is 224 g/mol. The van der Waals surface area contributed by atoms with E-state index in [4.69, 9.17) is 9.84 Å². The van der Waals surface area contributed by atoms with E-state index >= 15 is 0 Å². The molecule has 0 aliphatic rings. The molecular weight excluding hydrogens is 204 g/mol. The Morgan fingerprint density at radius 2 is 1.88 bits per heavy atom. The van der Waals surface area contributed by atoms with Gasteiger partial charge in [-0.15, -0.1) is 0 Å². The highest BCUT2D eigenvalue weighted by Gasteiger charge is 1.95. The van der Waals surface area contributed by atoms with E-state index in [2.05, 4.69) is 22.3 Å². The lowest BCUT2D eigenvalue weighted by Crippen LogP contribution is -2.12. The molecule has 0 heterocycles. The Kier molecular flexibility index (Phi) is 5.67. The third kappa shape index (κ3) is 4.51. The van der Waals surface area contributed by atoms with E-state index in [0.717, 1.165) is 12.2 Å². The van der Waals surface area contributed by atoms with E-state index in [9.17, 15) is 0 Å². The molecule has 1 aromatic carbocycles. The molecule has 0 fully saturated rings. The van der Waals surface area contributed by atoms with Gasteiger partial charge in [0.1, 0.15) is 0 Å². The van der Waals surface area contributed by atoms with Gasteiger partial charge in [0.25, 0.3) is 0 Å². The molecule has 0 saturated carbocycles. The Hall–Kier alpha value is -1.26. The smallest absolute Gasteiger partial charge is 0.0698 e. The van der Waals surface area contributed by atoms with Crippen LogP contribution in [0.2, 0.25) is 0 Å². The Bertz CT molecular complexity index is 286. The maximum Gasteiger partial charge on any atom is 0.0698 e. The van der Waals surface area contributed by atoms with Gasteiger partial charge in [0.2, 0.25) is 0 Å². The molecule has 4 heteroatoms. The zero-order chi connectivity index (χ0) is 11.8. The molecule has 0 spiro atoms. The molecule has 0 amide bonds. The van der Waals surface area contributed by atoms with Crippen LogP contribution in [-0.2, 0) is 4.74 Å². The Labute approximate surface area is 96.8 Å². The number of nitrogens with zero attached hydrogens (tertiary/aromatic N) is 1. The van der Waals surface area contributed by atoms with Gasteiger partial charge in [-0.1, -0.05) is 0 Å². The minimum atomic E-state index is 0.0809. The van der Waals surface area contributed by atoms with Crippen molar-refractivity contribution in [3.8, 4) is 0 Å². The maximum atomic E-state index is 8.52. The second-order valence-corrected chi connectivity index (χ2v) is 3.70. The van der Waals surface area contributed by atoms with Gasteiger partial charge >= 0.3 is 0 Å². The number of aliphatic hydroxyl groups excluding tert-OH is 1. The summed E-state index contributed by atoms with van der Waals surface area (Å²) < 4.78 is 5.15. The summed E-state index contributed by atoms with van der Waals surface area (Å²) in [7, 11) is 4.04. The lowest BCUT2D eigenvalue weighted by molar-refractivity contribution is 0.0992. The Morgan fingerprint density at radius 1 is 1.19 bits per heavy atom. The molecule has 0 aromatic heterocycles. The quantitative estimate of drug-likeness (QED) is 0.683. The van der Waals surface area contributed by atoms with Gasteiger partial charge in [0.05, 0.1) is 19.8 Å². The van der Waals surface area contributed by atoms with Gasteiger partial charge in [-0.3, -0.25) is 0 Å². The van der Waals surface area contributed by atoms with Crippen LogP contribution in [0.5, 0.6) is 0 Å². The Morgan fingerprint density at radius 3 is 2.44 bits per heavy atom. The van der Waals surface area contributed by atoms with Crippen molar-refractivity contribution < 1.29 is 9.84 Å². The summed E-state index contributed by atoms with van der Waals surface area (Å²) >= 11 is 0. The zero-order valence-corrected chi connectivity index (χ0v) is 9.94. The molecule has 0 aliphatic heterocycles. The fourth-order valence-electron chi connectivity index (χ4n) is 1.31. The van der Waals surface area contributed by atoms with Crippen LogP contribution in [-0.4, -0.2) is 45.6 Å². The molecule has 0 bridgehead atoms. The van der Waals surface area contributed by atoms with Crippen LogP contribution >= 0.6 is 0 Å². The SMILES string of the molecule is CN(C)c1ccc(NCCOCCO)cc1. The molecule has 0 unspecified atom stereocenters. The first-order chi connectivity index (χ1) is 7.74. The number of hydrogen-bond acceptors (Lipinski definition) is 4. The number of nitrogens with one attached hydrogen (secondary N) is 1. The van der Waals surface area contributed by atoms with Crippen LogP contribution in [0.25, 0.3) is 0 Å². The van der Waals surface area contributed by atoms with E-state index in [1.165, 1.54) is 5.69 Å². The summed E-state index contributed by atoms with van der Waals surface area (Å²) in [6.45, 7) is 1.84. The summed E-state index contributed by atoms with van der Waals surface area (Å²) in [6, 6.07) is 8.22. The van der Waals surface area contributed by atoms with E-state index < -0.39 is 0 Å². The average molecular weight is 224 g/mol. The molecule has 90 valence electrons. The summed E-state index contributed by atoms with van der Waals surface area (Å²) in [6.07, 6.45) is 0. The van der Waals surface area contributed by atoms with Crippen molar-refractivity contribution in [3.05, 3.63) is 24.3 Å². The minimum Gasteiger partial charge on any atom is -0.394 e. The lowest BCUT2D eigenvalue weighted by atomic mass is 10.2. The molecule has 0 aliphatic carbocycles. The number of benzene rings is 1. The van der Waals surface area contributed by atoms with Crippen LogP contribution in [0.3, 0.4) is 0 Å². The zero-order valence-electron chi connectivity index (χ0n) is 9.94. The molecule has 16 heavy (non-hydrogen) atoms. The van der Waals surface area contributed by atoms with Gasteiger partial charge in [-0.05, 0) is 24.3 Å². The molecule has 1 rings (SSSR count). The average Bonchev–Trinajstić information content (AvgIpc) is 2.29. The van der Waals surface area contributed by atoms with Gasteiger partial charge in [-0.2, -0.15) is 0 Å². The molecular formula is C12H20N2O2. The van der Waals surface area contributed by atoms with Crippen LogP contribution in [0.4, 0.5) is 11.4 Å². The highest BCUT2D eigenvalue weighted by atomic mass is 16.5. The predicted octanol–water partition coefficient (Wildman–Crippen LogP) is 1.17. The van der Waals surface area contributed by atoms with E-state index in [0.29, 0.717) is 13.2 Å². The van der Waals surface area contributed by atoms with Crippen molar-refractivity contribution in [2.75, 3.05) is 50.7 Å². The van der Waals surface area contributed by atoms with Gasteiger partial charge in [0, 0.05) is 32.0 Å². The van der Waals surface area contributed by atoms with Crippen LogP contribution in [0, 0.1) is 0 Å². The van der Waals surface area contributed by atoms with Gasteiger partial charge in [0.15, 0.2) is 0 Å². The molecule has 4 nitrogen and oxygen atoms in total. The normalized spacial score (nSPS) is 10.2. The first-order valence-electron chi connectivity index (χ1n) is 5.44. The molecule has 2 N–H and O–H groups in total. The number of aliphatic hydroxyl groups is 1. The summed E-state index contributed by atoms with van der Waals surface area (Å²) in [5, 5.41) is 11.8. The fraction of sp³-hybridized carbons (Fsp3) is 0.500. The number of ether oxygens (including phenoxy) is 1. The second kappa shape index (κ2) is 7.09. The molecule has 1 aromatic rings. The van der Waals surface area contributed by atoms with Crippen molar-refractivity contribution in [1.82, 2.24) is 0 Å². The van der Waals surface area contributed by atoms with Crippen molar-refractivity contribution >= 4 is 11.4 Å². The Balaban J connectivity index is 2.27. The fourth-order valence-corrected chi connectivity index (χ4v) is 1.31. The standard InChI is InChI=1S/C12H20N2O2/c1-14(2)12-5-3-11(4-6-12)13-7-9-16-10-8-15/h3-6,13,15H,7-10H2,1-2H3. The third-order valence-corrected chi connectivity index (χ3v) is 2.19. The minimum absolute atomic E-state index is 0.0809. The van der Waals surface area contributed by atoms with Crippen molar-refractivity contribution in [1.29, 1.82) is 0 Å². The van der Waals surface area contributed by atoms with E-state index in [1.807, 2.05) is 26.2 Å². The van der Waals surface area contributed by atoms with E-state index in [1.54, 1.807) is 0 Å². The highest BCUT2D eigenvalue weighted by molar-refractivity contribution is 5.54. The summed E-state index contributed by atoms with van der Waals surface area (Å²) in [5.74, 6) is 0. The first-order valence-corrected chi connectivity index (χ1v) is 5.44. The third-order valence-electron chi connectivity index (χ3n) is 2.19. The van der Waals surface area contributed by atoms with E-state index in [-0.39, 0.29) is 6.61 Å². The number of anilines is 2. The van der Waals surface area contributed by atoms with Crippen molar-refractivity contribution in [2.24, 2.45) is 0 Å².